The topological polar surface area (TPSA) is 57.2 Å². The number of para-hydroxylation sites is 2. The fourth-order valence-electron chi connectivity index (χ4n) is 3.71. The number of aliphatic imine (C=N–C) groups is 1. The second-order valence-electron chi connectivity index (χ2n) is 6.98. The Bertz CT molecular complexity index is 1160. The van der Waals surface area contributed by atoms with Gasteiger partial charge in [-0.3, -0.25) is 9.79 Å². The van der Waals surface area contributed by atoms with E-state index in [4.69, 9.17) is 4.99 Å². The number of nitrogens with one attached hydrogen (secondary N) is 2. The molecule has 1 unspecified atom stereocenters. The van der Waals surface area contributed by atoms with Gasteiger partial charge in [0.05, 0.1) is 11.4 Å². The number of hydrogen-bond acceptors (Lipinski definition) is 2. The lowest BCUT2D eigenvalue weighted by Crippen LogP contribution is -2.27. The fraction of sp³-hybridized carbons (Fsp3) is 0.0833. The molecule has 4 heteroatoms. The van der Waals surface area contributed by atoms with Crippen LogP contribution in [0.2, 0.25) is 0 Å². The molecular formula is C24H19N3O. The summed E-state index contributed by atoms with van der Waals surface area (Å²) in [4.78, 5) is 21.3. The van der Waals surface area contributed by atoms with Gasteiger partial charge in [0.1, 0.15) is 6.04 Å². The number of aromatic amines is 1. The van der Waals surface area contributed by atoms with E-state index in [2.05, 4.69) is 22.4 Å². The van der Waals surface area contributed by atoms with Gasteiger partial charge in [-0.2, -0.15) is 0 Å². The summed E-state index contributed by atoms with van der Waals surface area (Å²) >= 11 is 0. The fourth-order valence-corrected chi connectivity index (χ4v) is 3.71. The smallest absolute Gasteiger partial charge is 0.249 e. The lowest BCUT2D eigenvalue weighted by Gasteiger charge is -2.10. The lowest BCUT2D eigenvalue weighted by molar-refractivity contribution is -0.117. The number of nitrogens with zero attached hydrogens (tertiary/aromatic N) is 1. The van der Waals surface area contributed by atoms with Gasteiger partial charge >= 0.3 is 0 Å². The molecule has 0 aliphatic carbocycles. The second kappa shape index (κ2) is 6.82. The van der Waals surface area contributed by atoms with Crippen LogP contribution in [0, 0.1) is 0 Å². The molecule has 1 aromatic heterocycles. The molecule has 4 nitrogen and oxygen atoms in total. The number of rotatable bonds is 3. The van der Waals surface area contributed by atoms with Gasteiger partial charge in [0.25, 0.3) is 0 Å². The molecule has 136 valence electrons. The molecule has 4 aromatic rings. The zero-order chi connectivity index (χ0) is 18.9. The quantitative estimate of drug-likeness (QED) is 0.549. The molecule has 2 heterocycles. The van der Waals surface area contributed by atoms with E-state index in [1.165, 1.54) is 0 Å². The van der Waals surface area contributed by atoms with Crippen molar-refractivity contribution in [1.29, 1.82) is 0 Å². The molecule has 0 saturated heterocycles. The van der Waals surface area contributed by atoms with Gasteiger partial charge in [-0.15, -0.1) is 0 Å². The van der Waals surface area contributed by atoms with Crippen LogP contribution in [0.1, 0.15) is 16.8 Å². The minimum atomic E-state index is -0.504. The number of benzodiazepines with no additional fused rings is 1. The summed E-state index contributed by atoms with van der Waals surface area (Å²) in [5.74, 6) is -0.0861. The van der Waals surface area contributed by atoms with Crippen LogP contribution in [0.5, 0.6) is 0 Å². The number of aromatic nitrogens is 1. The van der Waals surface area contributed by atoms with E-state index in [9.17, 15) is 4.79 Å². The molecule has 0 saturated carbocycles. The van der Waals surface area contributed by atoms with Crippen LogP contribution in [0.4, 0.5) is 5.69 Å². The Labute approximate surface area is 162 Å². The highest BCUT2D eigenvalue weighted by molar-refractivity contribution is 6.19. The van der Waals surface area contributed by atoms with Crippen molar-refractivity contribution in [1.82, 2.24) is 4.98 Å². The Morgan fingerprint density at radius 3 is 2.46 bits per heavy atom. The maximum absolute atomic E-state index is 12.9. The van der Waals surface area contributed by atoms with Crippen molar-refractivity contribution < 1.29 is 4.79 Å². The minimum absolute atomic E-state index is 0.0861. The van der Waals surface area contributed by atoms with Crippen molar-refractivity contribution in [3.63, 3.8) is 0 Å². The molecule has 3 aromatic carbocycles. The van der Waals surface area contributed by atoms with Crippen molar-refractivity contribution in [3.05, 3.63) is 102 Å². The van der Waals surface area contributed by atoms with Crippen molar-refractivity contribution in [3.8, 4) is 0 Å². The SMILES string of the molecule is O=C1Nc2ccccc2C(c2ccccc2)=NC1Cc1cc2ccccc2[nH]1. The van der Waals surface area contributed by atoms with Crippen LogP contribution in [0.3, 0.4) is 0 Å². The van der Waals surface area contributed by atoms with Gasteiger partial charge in [0, 0.05) is 28.8 Å². The second-order valence-corrected chi connectivity index (χ2v) is 6.98. The van der Waals surface area contributed by atoms with E-state index in [0.717, 1.165) is 39.1 Å². The summed E-state index contributed by atoms with van der Waals surface area (Å²) in [6.45, 7) is 0. The molecule has 5 rings (SSSR count). The molecule has 0 fully saturated rings. The Balaban J connectivity index is 1.58. The monoisotopic (exact) mass is 365 g/mol. The highest BCUT2D eigenvalue weighted by Crippen LogP contribution is 2.25. The molecule has 1 aliphatic heterocycles. The molecule has 0 spiro atoms. The Hall–Kier alpha value is -3.66. The molecular weight excluding hydrogens is 346 g/mol. The van der Waals surface area contributed by atoms with Crippen LogP contribution in [0.25, 0.3) is 10.9 Å². The van der Waals surface area contributed by atoms with Crippen molar-refractivity contribution in [2.45, 2.75) is 12.5 Å². The molecule has 0 radical (unpaired) electrons. The van der Waals surface area contributed by atoms with Crippen LogP contribution in [-0.4, -0.2) is 22.6 Å². The third kappa shape index (κ3) is 2.99. The van der Waals surface area contributed by atoms with Crippen LogP contribution in [0.15, 0.2) is 89.9 Å². The first-order valence-corrected chi connectivity index (χ1v) is 9.38. The normalized spacial score (nSPS) is 16.2. The summed E-state index contributed by atoms with van der Waals surface area (Å²) < 4.78 is 0. The van der Waals surface area contributed by atoms with E-state index in [0.29, 0.717) is 6.42 Å². The Morgan fingerprint density at radius 1 is 0.857 bits per heavy atom. The summed E-state index contributed by atoms with van der Waals surface area (Å²) in [5.41, 5.74) is 5.67. The number of carbonyl (C=O) groups is 1. The zero-order valence-electron chi connectivity index (χ0n) is 15.2. The highest BCUT2D eigenvalue weighted by Gasteiger charge is 2.26. The van der Waals surface area contributed by atoms with Crippen LogP contribution >= 0.6 is 0 Å². The highest BCUT2D eigenvalue weighted by atomic mass is 16.2. The molecule has 1 amide bonds. The summed E-state index contributed by atoms with van der Waals surface area (Å²) in [5, 5.41) is 4.20. The zero-order valence-corrected chi connectivity index (χ0v) is 15.2. The van der Waals surface area contributed by atoms with Crippen molar-refractivity contribution in [2.75, 3.05) is 5.32 Å². The maximum Gasteiger partial charge on any atom is 0.249 e. The van der Waals surface area contributed by atoms with E-state index < -0.39 is 6.04 Å². The first-order chi connectivity index (χ1) is 13.8. The summed E-state index contributed by atoms with van der Waals surface area (Å²) in [6.07, 6.45) is 0.519. The Kier molecular flexibility index (Phi) is 4.02. The maximum atomic E-state index is 12.9. The van der Waals surface area contributed by atoms with Gasteiger partial charge in [-0.25, -0.2) is 0 Å². The first-order valence-electron chi connectivity index (χ1n) is 9.38. The van der Waals surface area contributed by atoms with E-state index in [1.54, 1.807) is 0 Å². The van der Waals surface area contributed by atoms with Gasteiger partial charge in [-0.05, 0) is 23.6 Å². The Morgan fingerprint density at radius 2 is 1.61 bits per heavy atom. The van der Waals surface area contributed by atoms with Gasteiger partial charge in [0.15, 0.2) is 0 Å². The first kappa shape index (κ1) is 16.5. The molecule has 1 aliphatic rings. The molecule has 28 heavy (non-hydrogen) atoms. The van der Waals surface area contributed by atoms with E-state index in [-0.39, 0.29) is 5.91 Å². The van der Waals surface area contributed by atoms with E-state index in [1.807, 2.05) is 72.8 Å². The van der Waals surface area contributed by atoms with Crippen molar-refractivity contribution >= 4 is 28.2 Å². The molecule has 1 atom stereocenters. The third-order valence-corrected chi connectivity index (χ3v) is 5.07. The van der Waals surface area contributed by atoms with E-state index >= 15 is 0 Å². The van der Waals surface area contributed by atoms with Gasteiger partial charge < -0.3 is 10.3 Å². The van der Waals surface area contributed by atoms with Crippen molar-refractivity contribution in [2.24, 2.45) is 4.99 Å². The summed E-state index contributed by atoms with van der Waals surface area (Å²) in [7, 11) is 0. The summed E-state index contributed by atoms with van der Waals surface area (Å²) in [6, 6.07) is 27.6. The number of anilines is 1. The predicted molar refractivity (Wildman–Crippen MR) is 113 cm³/mol. The number of amides is 1. The molecule has 2 N–H and O–H groups in total. The average Bonchev–Trinajstić information content (AvgIpc) is 3.08. The number of benzene rings is 3. The number of hydrogen-bond donors (Lipinski definition) is 2. The van der Waals surface area contributed by atoms with Gasteiger partial charge in [0.2, 0.25) is 5.91 Å². The van der Waals surface area contributed by atoms with Gasteiger partial charge in [-0.1, -0.05) is 66.7 Å². The van der Waals surface area contributed by atoms with Crippen LogP contribution < -0.4 is 5.32 Å². The standard InChI is InChI=1S/C24H19N3O/c28-24-22(15-18-14-17-10-4-6-12-20(17)25-18)26-23(16-8-2-1-3-9-16)19-11-5-7-13-21(19)27-24/h1-14,22,25H,15H2,(H,27,28). The third-order valence-electron chi connectivity index (χ3n) is 5.07. The number of carbonyl (C=O) groups excluding carboxylic acids is 1. The lowest BCUT2D eigenvalue weighted by atomic mass is 10.0. The molecule has 0 bridgehead atoms. The largest absolute Gasteiger partial charge is 0.358 e. The number of fused-ring (bicyclic) bond motifs is 2. The van der Waals surface area contributed by atoms with Crippen LogP contribution in [-0.2, 0) is 11.2 Å². The minimum Gasteiger partial charge on any atom is -0.358 e. The average molecular weight is 365 g/mol. The predicted octanol–water partition coefficient (Wildman–Crippen LogP) is 4.57. The number of H-pyrrole nitrogens is 1.